The van der Waals surface area contributed by atoms with Crippen LogP contribution in [0.5, 0.6) is 0 Å². The molecule has 0 aliphatic heterocycles. The second-order valence-electron chi connectivity index (χ2n) is 5.62. The van der Waals surface area contributed by atoms with E-state index in [1.54, 1.807) is 34.0 Å². The van der Waals surface area contributed by atoms with Crippen molar-refractivity contribution >= 4 is 11.7 Å². The molecular formula is C17H19N5O. The Morgan fingerprint density at radius 2 is 1.96 bits per heavy atom. The summed E-state index contributed by atoms with van der Waals surface area (Å²) in [7, 11) is 0. The van der Waals surface area contributed by atoms with Gasteiger partial charge in [0, 0.05) is 18.3 Å². The summed E-state index contributed by atoms with van der Waals surface area (Å²) in [5.74, 6) is 0.493. The number of nitrogens with zero attached hydrogens (tertiary/aromatic N) is 4. The van der Waals surface area contributed by atoms with Gasteiger partial charge in [-0.25, -0.2) is 4.68 Å². The van der Waals surface area contributed by atoms with Gasteiger partial charge in [0.25, 0.3) is 5.91 Å². The lowest BCUT2D eigenvalue weighted by Crippen LogP contribution is -2.16. The summed E-state index contributed by atoms with van der Waals surface area (Å²) in [4.78, 5) is 12.3. The number of aromatic nitrogens is 4. The van der Waals surface area contributed by atoms with Gasteiger partial charge >= 0.3 is 0 Å². The molecule has 2 heterocycles. The molecule has 6 heteroatoms. The molecule has 6 nitrogen and oxygen atoms in total. The summed E-state index contributed by atoms with van der Waals surface area (Å²) in [5, 5.41) is 11.3. The quantitative estimate of drug-likeness (QED) is 0.788. The summed E-state index contributed by atoms with van der Waals surface area (Å²) in [6, 6.07) is 12.0. The topological polar surface area (TPSA) is 64.7 Å². The fourth-order valence-corrected chi connectivity index (χ4v) is 2.35. The van der Waals surface area contributed by atoms with E-state index in [9.17, 15) is 4.79 Å². The Hall–Kier alpha value is -2.89. The molecule has 0 unspecified atom stereocenters. The molecule has 0 fully saturated rings. The van der Waals surface area contributed by atoms with Crippen molar-refractivity contribution in [2.45, 2.75) is 26.4 Å². The van der Waals surface area contributed by atoms with E-state index in [1.807, 2.05) is 44.2 Å². The van der Waals surface area contributed by atoms with Crippen molar-refractivity contribution in [2.75, 3.05) is 5.32 Å². The van der Waals surface area contributed by atoms with Crippen LogP contribution in [0.4, 0.5) is 5.82 Å². The first-order valence-corrected chi connectivity index (χ1v) is 7.55. The average molecular weight is 309 g/mol. The maximum atomic E-state index is 12.3. The maximum absolute atomic E-state index is 12.3. The van der Waals surface area contributed by atoms with Crippen LogP contribution in [0.1, 0.15) is 35.8 Å². The largest absolute Gasteiger partial charge is 0.307 e. The van der Waals surface area contributed by atoms with Gasteiger partial charge in [0.15, 0.2) is 0 Å². The number of carbonyl (C=O) groups excluding carboxylic acids is 1. The van der Waals surface area contributed by atoms with E-state index in [1.165, 1.54) is 0 Å². The molecule has 0 bridgehead atoms. The molecule has 1 amide bonds. The molecule has 3 rings (SSSR count). The minimum absolute atomic E-state index is 0.182. The Balaban J connectivity index is 1.70. The van der Waals surface area contributed by atoms with Gasteiger partial charge in [-0.1, -0.05) is 30.3 Å². The average Bonchev–Trinajstić information content (AvgIpc) is 3.17. The van der Waals surface area contributed by atoms with E-state index >= 15 is 0 Å². The van der Waals surface area contributed by atoms with Crippen LogP contribution in [0.25, 0.3) is 0 Å². The standard InChI is InChI=1S/C17H19N5O/c1-13(2)22-16(8-9-18-22)20-17(23)15-10-19-21(12-15)11-14-6-4-3-5-7-14/h3-10,12-13H,11H2,1-2H3,(H,20,23). The predicted molar refractivity (Wildman–Crippen MR) is 88.3 cm³/mol. The number of carbonyl (C=O) groups is 1. The van der Waals surface area contributed by atoms with Gasteiger partial charge in [0.1, 0.15) is 5.82 Å². The molecule has 0 aliphatic carbocycles. The highest BCUT2D eigenvalue weighted by Crippen LogP contribution is 2.14. The summed E-state index contributed by atoms with van der Waals surface area (Å²) in [6.07, 6.45) is 5.00. The van der Waals surface area contributed by atoms with E-state index < -0.39 is 0 Å². The fraction of sp³-hybridized carbons (Fsp3) is 0.235. The first-order valence-electron chi connectivity index (χ1n) is 7.55. The molecule has 0 spiro atoms. The van der Waals surface area contributed by atoms with Gasteiger partial charge < -0.3 is 5.32 Å². The van der Waals surface area contributed by atoms with Crippen molar-refractivity contribution in [3.05, 3.63) is 66.1 Å². The zero-order chi connectivity index (χ0) is 16.2. The first-order chi connectivity index (χ1) is 11.1. The zero-order valence-electron chi connectivity index (χ0n) is 13.2. The lowest BCUT2D eigenvalue weighted by atomic mass is 10.2. The normalized spacial score (nSPS) is 10.9. The van der Waals surface area contributed by atoms with Gasteiger partial charge in [-0.2, -0.15) is 10.2 Å². The third kappa shape index (κ3) is 3.48. The molecule has 0 saturated carbocycles. The van der Waals surface area contributed by atoms with Crippen molar-refractivity contribution in [3.8, 4) is 0 Å². The summed E-state index contributed by atoms with van der Waals surface area (Å²) < 4.78 is 3.52. The van der Waals surface area contributed by atoms with Crippen molar-refractivity contribution < 1.29 is 4.79 Å². The van der Waals surface area contributed by atoms with E-state index in [-0.39, 0.29) is 11.9 Å². The van der Waals surface area contributed by atoms with E-state index in [4.69, 9.17) is 0 Å². The number of hydrogen-bond acceptors (Lipinski definition) is 3. The molecule has 0 saturated heterocycles. The first kappa shape index (κ1) is 15.0. The highest BCUT2D eigenvalue weighted by molar-refractivity contribution is 6.03. The van der Waals surface area contributed by atoms with Crippen LogP contribution in [-0.2, 0) is 6.54 Å². The van der Waals surface area contributed by atoms with Crippen LogP contribution >= 0.6 is 0 Å². The van der Waals surface area contributed by atoms with Crippen LogP contribution in [-0.4, -0.2) is 25.5 Å². The molecule has 0 aliphatic rings. The summed E-state index contributed by atoms with van der Waals surface area (Å²) >= 11 is 0. The van der Waals surface area contributed by atoms with Gasteiger partial charge in [0.2, 0.25) is 0 Å². The molecule has 118 valence electrons. The van der Waals surface area contributed by atoms with Gasteiger partial charge in [-0.3, -0.25) is 9.48 Å². The van der Waals surface area contributed by atoms with Crippen LogP contribution in [0, 0.1) is 0 Å². The molecule has 0 atom stereocenters. The SMILES string of the molecule is CC(C)n1nccc1NC(=O)c1cnn(Cc2ccccc2)c1. The number of nitrogens with one attached hydrogen (secondary N) is 1. The highest BCUT2D eigenvalue weighted by Gasteiger charge is 2.13. The third-order valence-corrected chi connectivity index (χ3v) is 3.48. The Bertz CT molecular complexity index is 788. The number of anilines is 1. The number of benzene rings is 1. The second-order valence-corrected chi connectivity index (χ2v) is 5.62. The van der Waals surface area contributed by atoms with Crippen molar-refractivity contribution in [1.82, 2.24) is 19.6 Å². The molecule has 23 heavy (non-hydrogen) atoms. The minimum atomic E-state index is -0.188. The van der Waals surface area contributed by atoms with Crippen LogP contribution < -0.4 is 5.32 Å². The lowest BCUT2D eigenvalue weighted by molar-refractivity contribution is 0.102. The second kappa shape index (κ2) is 6.48. The Kier molecular flexibility index (Phi) is 4.23. The number of rotatable bonds is 5. The van der Waals surface area contributed by atoms with Crippen molar-refractivity contribution in [2.24, 2.45) is 0 Å². The molecule has 1 aromatic carbocycles. The summed E-state index contributed by atoms with van der Waals surface area (Å²) in [6.45, 7) is 4.67. The number of amides is 1. The highest BCUT2D eigenvalue weighted by atomic mass is 16.1. The third-order valence-electron chi connectivity index (χ3n) is 3.48. The van der Waals surface area contributed by atoms with E-state index in [0.717, 1.165) is 5.56 Å². The van der Waals surface area contributed by atoms with Crippen molar-refractivity contribution in [1.29, 1.82) is 0 Å². The van der Waals surface area contributed by atoms with E-state index in [2.05, 4.69) is 15.5 Å². The molecule has 0 radical (unpaired) electrons. The van der Waals surface area contributed by atoms with Crippen molar-refractivity contribution in [3.63, 3.8) is 0 Å². The minimum Gasteiger partial charge on any atom is -0.307 e. The Morgan fingerprint density at radius 3 is 2.70 bits per heavy atom. The van der Waals surface area contributed by atoms with Crippen LogP contribution in [0.3, 0.4) is 0 Å². The van der Waals surface area contributed by atoms with Gasteiger partial charge in [0.05, 0.1) is 24.5 Å². The van der Waals surface area contributed by atoms with Crippen LogP contribution in [0.15, 0.2) is 55.0 Å². The molecule has 1 N–H and O–H groups in total. The molecule has 3 aromatic rings. The molecule has 2 aromatic heterocycles. The van der Waals surface area contributed by atoms with Gasteiger partial charge in [-0.15, -0.1) is 0 Å². The predicted octanol–water partition coefficient (Wildman–Crippen LogP) is 2.96. The molecular weight excluding hydrogens is 290 g/mol. The monoisotopic (exact) mass is 309 g/mol. The Labute approximate surface area is 134 Å². The lowest BCUT2D eigenvalue weighted by Gasteiger charge is -2.11. The van der Waals surface area contributed by atoms with E-state index in [0.29, 0.717) is 17.9 Å². The number of hydrogen-bond donors (Lipinski definition) is 1. The maximum Gasteiger partial charge on any atom is 0.259 e. The van der Waals surface area contributed by atoms with Crippen LogP contribution in [0.2, 0.25) is 0 Å². The smallest absolute Gasteiger partial charge is 0.259 e. The summed E-state index contributed by atoms with van der Waals surface area (Å²) in [5.41, 5.74) is 1.66. The fourth-order valence-electron chi connectivity index (χ4n) is 2.35. The zero-order valence-corrected chi connectivity index (χ0v) is 13.2. The Morgan fingerprint density at radius 1 is 1.17 bits per heavy atom. The van der Waals surface area contributed by atoms with Gasteiger partial charge in [-0.05, 0) is 19.4 Å².